The van der Waals surface area contributed by atoms with Crippen molar-refractivity contribution in [2.45, 2.75) is 118 Å². The molecule has 2 amide bonds. The monoisotopic (exact) mass is 698 g/mol. The molecule has 2 fully saturated rings. The van der Waals surface area contributed by atoms with Crippen LogP contribution in [0, 0.1) is 0 Å². The molecule has 0 unspecified atom stereocenters. The first kappa shape index (κ1) is 42.7. The van der Waals surface area contributed by atoms with E-state index in [0.717, 1.165) is 17.3 Å². The summed E-state index contributed by atoms with van der Waals surface area (Å²) in [6.45, 7) is 24.2. The number of rotatable bonds is 8. The number of carbonyl (C=O) groups is 3. The highest BCUT2D eigenvalue weighted by molar-refractivity contribution is 6.62. The van der Waals surface area contributed by atoms with Crippen LogP contribution in [0.1, 0.15) is 110 Å². The van der Waals surface area contributed by atoms with E-state index in [9.17, 15) is 14.4 Å². The Morgan fingerprint density at radius 3 is 1.34 bits per heavy atom. The fourth-order valence-corrected chi connectivity index (χ4v) is 4.29. The number of nitrogens with one attached hydrogen (secondary N) is 2. The van der Waals surface area contributed by atoms with Gasteiger partial charge in [0, 0.05) is 25.3 Å². The van der Waals surface area contributed by atoms with Gasteiger partial charge in [0.15, 0.2) is 0 Å². The standard InChI is InChI=1S/C20H31BN2O5.C13H17BO4.C3H8O/c1-18(2,3)26-17(25)23-13-12-22-16(24)14-8-10-15(11-9-14)21-27-19(4,5)20(6,7)28-21;1-12(2)13(3,4)18-14(17-12)10-7-5-9(6-8-10)11(15)16;1-2-3-4/h8-11H,12-13H2,1-7H3,(H,22,24)(H,23,25);5-8H,1-4H3,(H,15,16);4H,2-3H2,1H3. The van der Waals surface area contributed by atoms with E-state index in [1.54, 1.807) is 57.2 Å². The Morgan fingerprint density at radius 1 is 0.680 bits per heavy atom. The molecule has 2 aliphatic rings. The van der Waals surface area contributed by atoms with Crippen molar-refractivity contribution >= 4 is 43.1 Å². The molecule has 4 N–H and O–H groups in total. The summed E-state index contributed by atoms with van der Waals surface area (Å²) in [5.74, 6) is -1.15. The number of aliphatic hydroxyl groups is 1. The fourth-order valence-electron chi connectivity index (χ4n) is 4.29. The average molecular weight is 698 g/mol. The molecule has 2 aromatic rings. The molecule has 12 nitrogen and oxygen atoms in total. The van der Waals surface area contributed by atoms with Crippen LogP contribution in [0.25, 0.3) is 0 Å². The van der Waals surface area contributed by atoms with E-state index in [-0.39, 0.29) is 29.2 Å². The van der Waals surface area contributed by atoms with E-state index < -0.39 is 43.1 Å². The predicted octanol–water partition coefficient (Wildman–Crippen LogP) is 4.31. The number of amides is 2. The van der Waals surface area contributed by atoms with Gasteiger partial charge in [-0.05, 0) is 118 Å². The highest BCUT2D eigenvalue weighted by Gasteiger charge is 2.52. The molecule has 0 spiro atoms. The van der Waals surface area contributed by atoms with Crippen LogP contribution >= 0.6 is 0 Å². The minimum atomic E-state index is -0.935. The van der Waals surface area contributed by atoms with Gasteiger partial charge in [-0.15, -0.1) is 0 Å². The summed E-state index contributed by atoms with van der Waals surface area (Å²) in [4.78, 5) is 34.6. The molecule has 14 heteroatoms. The molecule has 0 aromatic heterocycles. The number of carboxylic acid groups (broad SMARTS) is 1. The average Bonchev–Trinajstić information content (AvgIpc) is 3.38. The predicted molar refractivity (Wildman–Crippen MR) is 195 cm³/mol. The van der Waals surface area contributed by atoms with Gasteiger partial charge in [-0.2, -0.15) is 0 Å². The van der Waals surface area contributed by atoms with Crippen molar-refractivity contribution in [3.05, 3.63) is 59.7 Å². The van der Waals surface area contributed by atoms with Gasteiger partial charge < -0.3 is 44.2 Å². The number of benzene rings is 2. The number of carbonyl (C=O) groups excluding carboxylic acids is 2. The fraction of sp³-hybridized carbons (Fsp3) is 0.583. The lowest BCUT2D eigenvalue weighted by Gasteiger charge is -2.32. The normalized spacial score (nSPS) is 18.2. The zero-order valence-electron chi connectivity index (χ0n) is 31.8. The molecule has 2 saturated heterocycles. The lowest BCUT2D eigenvalue weighted by Crippen LogP contribution is -2.41. The van der Waals surface area contributed by atoms with Crippen LogP contribution in [0.15, 0.2) is 48.5 Å². The van der Waals surface area contributed by atoms with Crippen LogP contribution < -0.4 is 21.6 Å². The molecule has 2 aromatic carbocycles. The Morgan fingerprint density at radius 2 is 1.02 bits per heavy atom. The second-order valence-electron chi connectivity index (χ2n) is 15.1. The van der Waals surface area contributed by atoms with Gasteiger partial charge in [0.25, 0.3) is 5.91 Å². The number of ether oxygens (including phenoxy) is 1. The quantitative estimate of drug-likeness (QED) is 0.231. The van der Waals surface area contributed by atoms with Crippen LogP contribution in [0.4, 0.5) is 4.79 Å². The summed E-state index contributed by atoms with van der Waals surface area (Å²) >= 11 is 0. The molecular formula is C36H56B2N2O10. The summed E-state index contributed by atoms with van der Waals surface area (Å²) in [6.07, 6.45) is 0.369. The van der Waals surface area contributed by atoms with E-state index in [1.807, 2.05) is 74.4 Å². The van der Waals surface area contributed by atoms with Gasteiger partial charge in [0.1, 0.15) is 5.60 Å². The SMILES string of the molecule is CC(C)(C)OC(=O)NCCNC(=O)c1ccc(B2OC(C)(C)C(C)(C)O2)cc1.CC1(C)OB(c2ccc(C(=O)O)cc2)OC1(C)C.CCCO. The first-order valence-electron chi connectivity index (χ1n) is 17.0. The van der Waals surface area contributed by atoms with Crippen molar-refractivity contribution in [3.8, 4) is 0 Å². The van der Waals surface area contributed by atoms with Crippen LogP contribution in [-0.4, -0.2) is 90.1 Å². The third kappa shape index (κ3) is 12.1. The Labute approximate surface area is 298 Å². The van der Waals surface area contributed by atoms with Crippen molar-refractivity contribution in [1.82, 2.24) is 10.6 Å². The van der Waals surface area contributed by atoms with Crippen molar-refractivity contribution in [3.63, 3.8) is 0 Å². The minimum Gasteiger partial charge on any atom is -0.478 e. The molecular weight excluding hydrogens is 642 g/mol. The summed E-state index contributed by atoms with van der Waals surface area (Å²) in [5, 5.41) is 22.1. The number of alkyl carbamates (subject to hydrolysis) is 1. The van der Waals surface area contributed by atoms with E-state index in [4.69, 9.17) is 33.6 Å². The molecule has 0 atom stereocenters. The van der Waals surface area contributed by atoms with Gasteiger partial charge >= 0.3 is 26.3 Å². The zero-order chi connectivity index (χ0) is 38.1. The molecule has 0 aliphatic carbocycles. The lowest BCUT2D eigenvalue weighted by molar-refractivity contribution is 0.00578. The van der Waals surface area contributed by atoms with E-state index >= 15 is 0 Å². The Kier molecular flexibility index (Phi) is 14.7. The molecule has 276 valence electrons. The summed E-state index contributed by atoms with van der Waals surface area (Å²) < 4.78 is 28.9. The number of carboxylic acids is 1. The number of hydrogen-bond acceptors (Lipinski definition) is 9. The summed E-state index contributed by atoms with van der Waals surface area (Å²) in [6, 6.07) is 13.7. The second-order valence-corrected chi connectivity index (χ2v) is 15.1. The Hall–Kier alpha value is -3.42. The number of aromatic carboxylic acids is 1. The first-order chi connectivity index (χ1) is 22.9. The zero-order valence-corrected chi connectivity index (χ0v) is 31.8. The molecule has 0 radical (unpaired) electrons. The van der Waals surface area contributed by atoms with Gasteiger partial charge in [-0.25, -0.2) is 9.59 Å². The van der Waals surface area contributed by atoms with Gasteiger partial charge in [-0.3, -0.25) is 4.79 Å². The van der Waals surface area contributed by atoms with Crippen molar-refractivity contribution in [1.29, 1.82) is 0 Å². The molecule has 0 bridgehead atoms. The van der Waals surface area contributed by atoms with Crippen LogP contribution in [-0.2, 0) is 23.4 Å². The molecule has 2 heterocycles. The number of hydrogen-bond donors (Lipinski definition) is 4. The molecule has 2 aliphatic heterocycles. The third-order valence-corrected chi connectivity index (χ3v) is 8.68. The van der Waals surface area contributed by atoms with Crippen molar-refractivity contribution in [2.24, 2.45) is 0 Å². The van der Waals surface area contributed by atoms with E-state index in [2.05, 4.69) is 10.6 Å². The largest absolute Gasteiger partial charge is 0.494 e. The highest BCUT2D eigenvalue weighted by atomic mass is 16.7. The highest BCUT2D eigenvalue weighted by Crippen LogP contribution is 2.37. The van der Waals surface area contributed by atoms with Crippen molar-refractivity contribution in [2.75, 3.05) is 19.7 Å². The smallest absolute Gasteiger partial charge is 0.478 e. The van der Waals surface area contributed by atoms with E-state index in [1.165, 1.54) is 0 Å². The van der Waals surface area contributed by atoms with Crippen LogP contribution in [0.5, 0.6) is 0 Å². The maximum atomic E-state index is 12.2. The summed E-state index contributed by atoms with van der Waals surface area (Å²) in [5.41, 5.74) is 0.343. The van der Waals surface area contributed by atoms with E-state index in [0.29, 0.717) is 18.7 Å². The topological polar surface area (TPSA) is 162 Å². The molecule has 50 heavy (non-hydrogen) atoms. The second kappa shape index (κ2) is 17.2. The maximum Gasteiger partial charge on any atom is 0.494 e. The Bertz CT molecular complexity index is 1390. The molecule has 4 rings (SSSR count). The third-order valence-electron chi connectivity index (χ3n) is 8.68. The number of aliphatic hydroxyl groups excluding tert-OH is 1. The van der Waals surface area contributed by atoms with Gasteiger partial charge in [0.2, 0.25) is 0 Å². The van der Waals surface area contributed by atoms with Crippen LogP contribution in [0.3, 0.4) is 0 Å². The summed E-state index contributed by atoms with van der Waals surface area (Å²) in [7, 11) is -0.905. The maximum absolute atomic E-state index is 12.2. The minimum absolute atomic E-state index is 0.216. The van der Waals surface area contributed by atoms with Crippen LogP contribution in [0.2, 0.25) is 0 Å². The van der Waals surface area contributed by atoms with Gasteiger partial charge in [0.05, 0.1) is 28.0 Å². The van der Waals surface area contributed by atoms with Crippen molar-refractivity contribution < 1.29 is 48.0 Å². The first-order valence-corrected chi connectivity index (χ1v) is 17.0. The molecule has 0 saturated carbocycles. The lowest BCUT2D eigenvalue weighted by atomic mass is 9.79. The Balaban J connectivity index is 0.000000336. The van der Waals surface area contributed by atoms with Gasteiger partial charge in [-0.1, -0.05) is 31.2 Å².